The van der Waals surface area contributed by atoms with E-state index in [1.54, 1.807) is 11.5 Å². The Morgan fingerprint density at radius 1 is 1.50 bits per heavy atom. The molecule has 3 heteroatoms. The van der Waals surface area contributed by atoms with Gasteiger partial charge < -0.3 is 0 Å². The van der Waals surface area contributed by atoms with Crippen LogP contribution >= 0.6 is 11.5 Å². The van der Waals surface area contributed by atoms with Crippen molar-refractivity contribution in [2.45, 2.75) is 26.7 Å². The van der Waals surface area contributed by atoms with E-state index in [1.807, 2.05) is 6.92 Å². The molecule has 2 nitrogen and oxygen atoms in total. The van der Waals surface area contributed by atoms with E-state index in [2.05, 4.69) is 29.8 Å². The number of aromatic nitrogens is 2. The fourth-order valence-corrected chi connectivity index (χ4v) is 1.87. The van der Waals surface area contributed by atoms with Crippen molar-refractivity contribution in [2.75, 3.05) is 0 Å². The highest BCUT2D eigenvalue weighted by molar-refractivity contribution is 7.01. The van der Waals surface area contributed by atoms with Crippen LogP contribution in [0.5, 0.6) is 0 Å². The smallest absolute Gasteiger partial charge is 0.176 e. The topological polar surface area (TPSA) is 16.8 Å². The molecule has 0 unspecified atom stereocenters. The molecule has 0 bridgehead atoms. The average Bonchev–Trinajstić information content (AvgIpc) is 2.10. The largest absolute Gasteiger partial charge is 0.313 e. The third-order valence-corrected chi connectivity index (χ3v) is 2.20. The maximum atomic E-state index is 4.39. The SMILES string of the molecule is Cc1nc(C(C)C)[n+](C)s1. The summed E-state index contributed by atoms with van der Waals surface area (Å²) < 4.78 is 2.12. The summed E-state index contributed by atoms with van der Waals surface area (Å²) in [7, 11) is 2.06. The number of nitrogens with zero attached hydrogens (tertiary/aromatic N) is 2. The van der Waals surface area contributed by atoms with Gasteiger partial charge in [0.25, 0.3) is 0 Å². The molecule has 1 rings (SSSR count). The fourth-order valence-electron chi connectivity index (χ4n) is 0.990. The molecule has 0 fully saturated rings. The van der Waals surface area contributed by atoms with Gasteiger partial charge in [0.1, 0.15) is 0 Å². The highest BCUT2D eigenvalue weighted by Gasteiger charge is 2.17. The molecule has 0 saturated heterocycles. The molecule has 0 saturated carbocycles. The number of rotatable bonds is 1. The summed E-state index contributed by atoms with van der Waals surface area (Å²) in [5.41, 5.74) is 0. The molecule has 0 radical (unpaired) electrons. The van der Waals surface area contributed by atoms with Crippen molar-refractivity contribution >= 4 is 11.5 Å². The maximum absolute atomic E-state index is 4.39. The minimum absolute atomic E-state index is 0.537. The van der Waals surface area contributed by atoms with Gasteiger partial charge in [0.15, 0.2) is 0 Å². The first-order chi connectivity index (χ1) is 4.61. The van der Waals surface area contributed by atoms with Gasteiger partial charge in [-0.2, -0.15) is 3.96 Å². The monoisotopic (exact) mass is 157 g/mol. The van der Waals surface area contributed by atoms with Crippen molar-refractivity contribution in [1.29, 1.82) is 0 Å². The number of hydrogen-bond donors (Lipinski definition) is 0. The van der Waals surface area contributed by atoms with Gasteiger partial charge in [-0.15, -0.1) is 0 Å². The molecule has 0 spiro atoms. The molecular formula is C7H13N2S+. The number of aryl methyl sites for hydroxylation is 2. The molecule has 0 aliphatic carbocycles. The van der Waals surface area contributed by atoms with Crippen molar-refractivity contribution < 1.29 is 3.96 Å². The summed E-state index contributed by atoms with van der Waals surface area (Å²) in [6, 6.07) is 0. The Morgan fingerprint density at radius 3 is 2.30 bits per heavy atom. The molecule has 1 heterocycles. The summed E-state index contributed by atoms with van der Waals surface area (Å²) in [5, 5.41) is 1.14. The van der Waals surface area contributed by atoms with Gasteiger partial charge in [-0.3, -0.25) is 0 Å². The predicted molar refractivity (Wildman–Crippen MR) is 42.1 cm³/mol. The van der Waals surface area contributed by atoms with Gasteiger partial charge in [-0.25, -0.2) is 0 Å². The second-order valence-electron chi connectivity index (χ2n) is 2.73. The molecule has 10 heavy (non-hydrogen) atoms. The van der Waals surface area contributed by atoms with Crippen LogP contribution in [0.15, 0.2) is 0 Å². The van der Waals surface area contributed by atoms with Crippen LogP contribution in [0.25, 0.3) is 0 Å². The van der Waals surface area contributed by atoms with Crippen molar-refractivity contribution in [3.05, 3.63) is 10.8 Å². The summed E-state index contributed by atoms with van der Waals surface area (Å²) >= 11 is 1.70. The predicted octanol–water partition coefficient (Wildman–Crippen LogP) is 1.40. The second-order valence-corrected chi connectivity index (χ2v) is 4.05. The van der Waals surface area contributed by atoms with Crippen molar-refractivity contribution in [3.8, 4) is 0 Å². The van der Waals surface area contributed by atoms with Crippen LogP contribution in [0.4, 0.5) is 0 Å². The summed E-state index contributed by atoms with van der Waals surface area (Å²) in [6.07, 6.45) is 0. The Kier molecular flexibility index (Phi) is 2.04. The van der Waals surface area contributed by atoms with Crippen molar-refractivity contribution in [1.82, 2.24) is 4.98 Å². The van der Waals surface area contributed by atoms with Crippen molar-refractivity contribution in [3.63, 3.8) is 0 Å². The zero-order valence-corrected chi connectivity index (χ0v) is 7.70. The quantitative estimate of drug-likeness (QED) is 0.563. The lowest BCUT2D eigenvalue weighted by atomic mass is 10.2. The van der Waals surface area contributed by atoms with Crippen LogP contribution in [0.1, 0.15) is 30.6 Å². The van der Waals surface area contributed by atoms with E-state index in [1.165, 1.54) is 5.82 Å². The van der Waals surface area contributed by atoms with Gasteiger partial charge in [-0.1, -0.05) is 13.8 Å². The van der Waals surface area contributed by atoms with Gasteiger partial charge in [0, 0.05) is 6.92 Å². The molecule has 0 N–H and O–H groups in total. The van der Waals surface area contributed by atoms with Crippen molar-refractivity contribution in [2.24, 2.45) is 7.05 Å². The average molecular weight is 157 g/mol. The van der Waals surface area contributed by atoms with Crippen LogP contribution in [0.2, 0.25) is 0 Å². The van der Waals surface area contributed by atoms with Crippen LogP contribution < -0.4 is 3.96 Å². The third kappa shape index (κ3) is 1.34. The Labute approximate surface area is 65.7 Å². The highest BCUT2D eigenvalue weighted by Crippen LogP contribution is 2.09. The van der Waals surface area contributed by atoms with E-state index < -0.39 is 0 Å². The van der Waals surface area contributed by atoms with E-state index in [0.717, 1.165) is 5.01 Å². The minimum atomic E-state index is 0.537. The van der Waals surface area contributed by atoms with E-state index in [-0.39, 0.29) is 0 Å². The molecule has 1 aromatic rings. The molecule has 0 amide bonds. The van der Waals surface area contributed by atoms with Gasteiger partial charge in [-0.05, 0) is 4.98 Å². The summed E-state index contributed by atoms with van der Waals surface area (Å²) in [5.74, 6) is 1.72. The van der Waals surface area contributed by atoms with E-state index in [9.17, 15) is 0 Å². The van der Waals surface area contributed by atoms with E-state index >= 15 is 0 Å². The number of hydrogen-bond acceptors (Lipinski definition) is 2. The zero-order valence-electron chi connectivity index (χ0n) is 6.88. The Balaban J connectivity index is 3.03. The molecule has 0 aliphatic heterocycles. The minimum Gasteiger partial charge on any atom is -0.176 e. The second kappa shape index (κ2) is 2.66. The normalized spacial score (nSPS) is 10.9. The third-order valence-electron chi connectivity index (χ3n) is 1.38. The van der Waals surface area contributed by atoms with Crippen LogP contribution in [0.3, 0.4) is 0 Å². The Bertz CT molecular complexity index is 228. The van der Waals surface area contributed by atoms with Gasteiger partial charge in [0.2, 0.25) is 5.01 Å². The lowest BCUT2D eigenvalue weighted by Crippen LogP contribution is -2.28. The lowest BCUT2D eigenvalue weighted by molar-refractivity contribution is -0.613. The first-order valence-corrected chi connectivity index (χ1v) is 4.22. The molecule has 56 valence electrons. The first kappa shape index (κ1) is 7.66. The van der Waals surface area contributed by atoms with E-state index in [0.29, 0.717) is 5.92 Å². The Morgan fingerprint density at radius 2 is 2.10 bits per heavy atom. The van der Waals surface area contributed by atoms with E-state index in [4.69, 9.17) is 0 Å². The molecule has 0 aliphatic rings. The van der Waals surface area contributed by atoms with Crippen LogP contribution in [-0.2, 0) is 7.05 Å². The van der Waals surface area contributed by atoms with Crippen LogP contribution in [-0.4, -0.2) is 4.98 Å². The van der Waals surface area contributed by atoms with Gasteiger partial charge in [0.05, 0.1) is 24.5 Å². The molecule has 1 aromatic heterocycles. The highest BCUT2D eigenvalue weighted by atomic mass is 32.1. The first-order valence-electron chi connectivity index (χ1n) is 3.45. The fraction of sp³-hybridized carbons (Fsp3) is 0.714. The van der Waals surface area contributed by atoms with Gasteiger partial charge >= 0.3 is 5.82 Å². The molecule has 0 atom stereocenters. The lowest BCUT2D eigenvalue weighted by Gasteiger charge is -1.91. The van der Waals surface area contributed by atoms with Crippen LogP contribution in [0, 0.1) is 6.92 Å². The summed E-state index contributed by atoms with van der Waals surface area (Å²) in [4.78, 5) is 4.39. The zero-order chi connectivity index (χ0) is 7.72. The molecular weight excluding hydrogens is 144 g/mol. The molecule has 0 aromatic carbocycles. The standard InChI is InChI=1S/C7H13N2S/c1-5(2)7-8-6(3)10-9(7)4/h5H,1-4H3/q+1. The Hall–Kier alpha value is -0.440. The summed E-state index contributed by atoms with van der Waals surface area (Å²) in [6.45, 7) is 6.36. The maximum Gasteiger partial charge on any atom is 0.313 e.